The van der Waals surface area contributed by atoms with Crippen molar-refractivity contribution < 1.29 is 14.3 Å². The van der Waals surface area contributed by atoms with E-state index in [2.05, 4.69) is 16.0 Å². The summed E-state index contributed by atoms with van der Waals surface area (Å²) in [4.78, 5) is 13.2. The number of ether oxygens (including phenoxy) is 2. The Kier molecular flexibility index (Phi) is 6.06. The molecular formula is C20H20ClN3O3S. The van der Waals surface area contributed by atoms with Crippen molar-refractivity contribution in [3.8, 4) is 11.5 Å². The van der Waals surface area contributed by atoms with Gasteiger partial charge in [-0.25, -0.2) is 0 Å². The Morgan fingerprint density at radius 1 is 1.18 bits per heavy atom. The van der Waals surface area contributed by atoms with Crippen LogP contribution in [-0.2, 0) is 4.79 Å². The monoisotopic (exact) mass is 417 g/mol. The predicted molar refractivity (Wildman–Crippen MR) is 114 cm³/mol. The summed E-state index contributed by atoms with van der Waals surface area (Å²) in [6.45, 7) is 1.81. The van der Waals surface area contributed by atoms with Crippen molar-refractivity contribution in [1.29, 1.82) is 0 Å². The topological polar surface area (TPSA) is 71.6 Å². The number of hydrogen-bond acceptors (Lipinski definition) is 4. The molecule has 146 valence electrons. The number of halogens is 1. The van der Waals surface area contributed by atoms with E-state index >= 15 is 0 Å². The summed E-state index contributed by atoms with van der Waals surface area (Å²) in [5, 5.41) is 9.86. The van der Waals surface area contributed by atoms with E-state index in [9.17, 15) is 4.79 Å². The maximum Gasteiger partial charge on any atom is 0.255 e. The Morgan fingerprint density at radius 3 is 2.54 bits per heavy atom. The number of nitrogens with one attached hydrogen (secondary N) is 3. The van der Waals surface area contributed by atoms with Gasteiger partial charge in [0.1, 0.15) is 5.75 Å². The van der Waals surface area contributed by atoms with Crippen molar-refractivity contribution >= 4 is 40.5 Å². The highest BCUT2D eigenvalue weighted by Gasteiger charge is 2.30. The molecule has 0 fully saturated rings. The van der Waals surface area contributed by atoms with E-state index in [4.69, 9.17) is 33.3 Å². The molecule has 2 aromatic rings. The van der Waals surface area contributed by atoms with Crippen molar-refractivity contribution in [3.05, 3.63) is 64.3 Å². The van der Waals surface area contributed by atoms with Gasteiger partial charge in [-0.05, 0) is 24.7 Å². The molecule has 3 rings (SSSR count). The van der Waals surface area contributed by atoms with Crippen LogP contribution in [0.1, 0.15) is 18.5 Å². The third kappa shape index (κ3) is 4.05. The Hall–Kier alpha value is -2.77. The Morgan fingerprint density at radius 2 is 1.89 bits per heavy atom. The van der Waals surface area contributed by atoms with E-state index in [0.717, 1.165) is 5.56 Å². The molecule has 8 heteroatoms. The second kappa shape index (κ2) is 8.50. The van der Waals surface area contributed by atoms with Gasteiger partial charge in [0.25, 0.3) is 5.91 Å². The van der Waals surface area contributed by atoms with Crippen molar-refractivity contribution in [3.63, 3.8) is 0 Å². The van der Waals surface area contributed by atoms with Gasteiger partial charge in [0.05, 0.1) is 36.5 Å². The van der Waals surface area contributed by atoms with Crippen LogP contribution in [-0.4, -0.2) is 25.2 Å². The molecule has 0 radical (unpaired) electrons. The second-order valence-electron chi connectivity index (χ2n) is 6.12. The summed E-state index contributed by atoms with van der Waals surface area (Å²) < 4.78 is 10.6. The Balaban J connectivity index is 1.99. The summed E-state index contributed by atoms with van der Waals surface area (Å²) in [5.74, 6) is 0.557. The van der Waals surface area contributed by atoms with Crippen LogP contribution in [0.15, 0.2) is 53.7 Å². The largest absolute Gasteiger partial charge is 0.497 e. The van der Waals surface area contributed by atoms with Crippen LogP contribution >= 0.6 is 23.8 Å². The minimum atomic E-state index is -0.387. The van der Waals surface area contributed by atoms with Crippen LogP contribution in [0.5, 0.6) is 11.5 Å². The van der Waals surface area contributed by atoms with Gasteiger partial charge < -0.3 is 25.4 Å². The first kappa shape index (κ1) is 20.0. The molecule has 1 unspecified atom stereocenters. The molecule has 0 aromatic heterocycles. The third-order valence-corrected chi connectivity index (χ3v) is 4.85. The summed E-state index contributed by atoms with van der Waals surface area (Å²) in [6, 6.07) is 12.5. The number of carbonyl (C=O) groups is 1. The SMILES string of the molecule is COc1cc(Cl)c(OC)c(NC(=O)C2=C(C)NC(=S)NC2c2ccccc2)c1. The summed E-state index contributed by atoms with van der Waals surface area (Å²) in [7, 11) is 3.01. The normalized spacial score (nSPS) is 16.1. The minimum Gasteiger partial charge on any atom is -0.497 e. The zero-order valence-electron chi connectivity index (χ0n) is 15.6. The lowest BCUT2D eigenvalue weighted by atomic mass is 9.95. The molecule has 1 aliphatic rings. The highest BCUT2D eigenvalue weighted by atomic mass is 35.5. The van der Waals surface area contributed by atoms with E-state index < -0.39 is 0 Å². The van der Waals surface area contributed by atoms with E-state index in [0.29, 0.717) is 38.6 Å². The van der Waals surface area contributed by atoms with Gasteiger partial charge >= 0.3 is 0 Å². The van der Waals surface area contributed by atoms with Crippen molar-refractivity contribution in [1.82, 2.24) is 10.6 Å². The molecule has 1 amide bonds. The molecule has 1 aliphatic heterocycles. The number of allylic oxidation sites excluding steroid dienone is 1. The first-order valence-corrected chi connectivity index (χ1v) is 9.29. The zero-order valence-corrected chi connectivity index (χ0v) is 17.2. The predicted octanol–water partition coefficient (Wildman–Crippen LogP) is 3.79. The van der Waals surface area contributed by atoms with Crippen LogP contribution in [0.2, 0.25) is 5.02 Å². The smallest absolute Gasteiger partial charge is 0.255 e. The van der Waals surface area contributed by atoms with Crippen LogP contribution in [0.3, 0.4) is 0 Å². The van der Waals surface area contributed by atoms with Gasteiger partial charge in [0.15, 0.2) is 10.9 Å². The average Bonchev–Trinajstić information content (AvgIpc) is 2.67. The average molecular weight is 418 g/mol. The lowest BCUT2D eigenvalue weighted by molar-refractivity contribution is -0.113. The zero-order chi connectivity index (χ0) is 20.3. The fraction of sp³-hybridized carbons (Fsp3) is 0.200. The van der Waals surface area contributed by atoms with Crippen LogP contribution in [0, 0.1) is 0 Å². The molecule has 0 bridgehead atoms. The molecule has 0 saturated carbocycles. The van der Waals surface area contributed by atoms with Crippen molar-refractivity contribution in [2.24, 2.45) is 0 Å². The first-order valence-electron chi connectivity index (χ1n) is 8.50. The van der Waals surface area contributed by atoms with Gasteiger partial charge in [0.2, 0.25) is 0 Å². The Labute approximate surface area is 173 Å². The number of amides is 1. The first-order chi connectivity index (χ1) is 13.4. The minimum absolute atomic E-state index is 0.309. The number of carbonyl (C=O) groups excluding carboxylic acids is 1. The highest BCUT2D eigenvalue weighted by molar-refractivity contribution is 7.80. The highest BCUT2D eigenvalue weighted by Crippen LogP contribution is 2.38. The number of methoxy groups -OCH3 is 2. The number of benzene rings is 2. The van der Waals surface area contributed by atoms with Gasteiger partial charge in [0, 0.05) is 17.8 Å². The third-order valence-electron chi connectivity index (χ3n) is 4.35. The molecule has 6 nitrogen and oxygen atoms in total. The lowest BCUT2D eigenvalue weighted by Gasteiger charge is -2.30. The molecule has 0 spiro atoms. The Bertz CT molecular complexity index is 947. The summed E-state index contributed by atoms with van der Waals surface area (Å²) in [5.41, 5.74) is 2.52. The van der Waals surface area contributed by atoms with E-state index in [1.54, 1.807) is 12.1 Å². The molecule has 28 heavy (non-hydrogen) atoms. The molecule has 0 saturated heterocycles. The molecule has 1 heterocycles. The molecule has 1 atom stereocenters. The number of anilines is 1. The number of thiocarbonyl (C=S) groups is 1. The standard InChI is InChI=1S/C20H20ClN3O3S/c1-11-16(17(24-20(28)22-11)12-7-5-4-6-8-12)19(25)23-15-10-13(26-2)9-14(21)18(15)27-3/h4-10,17H,1-3H3,(H,23,25)(H2,22,24,28). The van der Waals surface area contributed by atoms with Crippen LogP contribution < -0.4 is 25.4 Å². The van der Waals surface area contributed by atoms with Gasteiger partial charge in [-0.2, -0.15) is 0 Å². The maximum absolute atomic E-state index is 13.2. The molecule has 3 N–H and O–H groups in total. The van der Waals surface area contributed by atoms with Gasteiger partial charge in [-0.3, -0.25) is 4.79 Å². The number of rotatable bonds is 5. The quantitative estimate of drug-likeness (QED) is 0.643. The fourth-order valence-electron chi connectivity index (χ4n) is 3.07. The maximum atomic E-state index is 13.2. The van der Waals surface area contributed by atoms with E-state index in [1.807, 2.05) is 37.3 Å². The lowest BCUT2D eigenvalue weighted by Crippen LogP contribution is -2.45. The summed E-state index contributed by atoms with van der Waals surface area (Å²) >= 11 is 11.5. The van der Waals surface area contributed by atoms with Gasteiger partial charge in [-0.1, -0.05) is 41.9 Å². The molecule has 0 aliphatic carbocycles. The van der Waals surface area contributed by atoms with Crippen LogP contribution in [0.25, 0.3) is 0 Å². The van der Waals surface area contributed by atoms with Crippen LogP contribution in [0.4, 0.5) is 5.69 Å². The van der Waals surface area contributed by atoms with E-state index in [1.165, 1.54) is 14.2 Å². The molecular weight excluding hydrogens is 398 g/mol. The summed E-state index contributed by atoms with van der Waals surface area (Å²) in [6.07, 6.45) is 0. The van der Waals surface area contributed by atoms with Gasteiger partial charge in [-0.15, -0.1) is 0 Å². The molecule has 2 aromatic carbocycles. The van der Waals surface area contributed by atoms with Crippen molar-refractivity contribution in [2.75, 3.05) is 19.5 Å². The fourth-order valence-corrected chi connectivity index (χ4v) is 3.62. The second-order valence-corrected chi connectivity index (χ2v) is 6.94. The number of hydrogen-bond donors (Lipinski definition) is 3. The van der Waals surface area contributed by atoms with Crippen molar-refractivity contribution in [2.45, 2.75) is 13.0 Å². The van der Waals surface area contributed by atoms with E-state index in [-0.39, 0.29) is 11.9 Å².